The Balaban J connectivity index is -0.000000372. The second-order valence-corrected chi connectivity index (χ2v) is 10.9. The van der Waals surface area contributed by atoms with Gasteiger partial charge in [0, 0.05) is 21.1 Å². The van der Waals surface area contributed by atoms with E-state index in [2.05, 4.69) is 22.2 Å². The molecule has 0 aromatic carbocycles. The van der Waals surface area contributed by atoms with E-state index in [4.69, 9.17) is 10.2 Å². The second-order valence-electron chi connectivity index (χ2n) is 3.40. The summed E-state index contributed by atoms with van der Waals surface area (Å²) in [7, 11) is -21.4. The molecule has 0 rings (SSSR count). The second kappa shape index (κ2) is 11.3. The molecule has 0 aliphatic heterocycles. The molecule has 4 unspecified atom stereocenters. The molecule has 0 aliphatic rings. The smallest absolute Gasteiger partial charge is 0.216 e. The van der Waals surface area contributed by atoms with E-state index >= 15 is 0 Å². The van der Waals surface area contributed by atoms with E-state index in [1.807, 2.05) is 0 Å². The minimum atomic E-state index is -5.60. The molecule has 0 heterocycles. The van der Waals surface area contributed by atoms with Gasteiger partial charge in [0.15, 0.2) is 11.2 Å². The predicted octanol–water partition coefficient (Wildman–Crippen LogP) is -4.22. The Morgan fingerprint density at radius 1 is 0.720 bits per heavy atom. The number of aliphatic hydroxyl groups excluding tert-OH is 2. The van der Waals surface area contributed by atoms with Crippen molar-refractivity contribution in [1.82, 2.24) is 0 Å². The van der Waals surface area contributed by atoms with E-state index in [9.17, 15) is 47.6 Å². The van der Waals surface area contributed by atoms with Crippen LogP contribution in [0, 0.1) is 0 Å². The zero-order valence-corrected chi connectivity index (χ0v) is 18.2. The first-order valence-corrected chi connectivity index (χ1v) is 11.5. The van der Waals surface area contributed by atoms with Crippen LogP contribution in [0.5, 0.6) is 0 Å². The van der Waals surface area contributed by atoms with Gasteiger partial charge in [-0.25, -0.2) is 0 Å². The van der Waals surface area contributed by atoms with Crippen molar-refractivity contribution in [2.45, 2.75) is 11.2 Å². The summed E-state index contributed by atoms with van der Waals surface area (Å²) in [4.78, 5) is 60.9. The third-order valence-corrected chi connectivity index (χ3v) is 8.12. The van der Waals surface area contributed by atoms with Gasteiger partial charge in [-0.05, 0) is 15.2 Å². The number of aliphatic hydroxyl groups is 2. The molecule has 2 N–H and O–H groups in total. The van der Waals surface area contributed by atoms with Gasteiger partial charge in [0.1, 0.15) is 0 Å². The number of rotatable bonds is 8. The molecule has 14 nitrogen and oxygen atoms in total. The van der Waals surface area contributed by atoms with Gasteiger partial charge in [-0.15, -0.1) is 0 Å². The molecule has 0 saturated heterocycles. The monoisotopic (exact) mass is 614 g/mol. The standard InChI is InChI=1S/2C3H8O7P2.W/c2*1-2-10-12(8,9)3(4)11(5,6)7;/h2*2-4H,1H2,(H,8,9)(H2,5,6,7);/p-6. The summed E-state index contributed by atoms with van der Waals surface area (Å²) in [6.45, 7) is 5.62. The van der Waals surface area contributed by atoms with Gasteiger partial charge in [-0.2, -0.15) is 0 Å². The van der Waals surface area contributed by atoms with Gasteiger partial charge in [0.05, 0.1) is 12.5 Å². The van der Waals surface area contributed by atoms with Crippen LogP contribution in [0.1, 0.15) is 0 Å². The van der Waals surface area contributed by atoms with Gasteiger partial charge < -0.3 is 57.8 Å². The molecule has 150 valence electrons. The normalized spacial score (nSPS) is 18.6. The van der Waals surface area contributed by atoms with E-state index in [0.717, 1.165) is 0 Å². The summed E-state index contributed by atoms with van der Waals surface area (Å²) in [6, 6.07) is 0. The SMILES string of the molecule is C=COP(=O)([O-])C(O)P(=O)([O-])[O-].C=COP(=O)([O-])C(O)P(=O)([O-])[O-].[W]. The Bertz CT molecular complexity index is 567. The van der Waals surface area contributed by atoms with Gasteiger partial charge >= 0.3 is 0 Å². The first-order chi connectivity index (χ1) is 10.4. The van der Waals surface area contributed by atoms with Crippen LogP contribution in [0.25, 0.3) is 0 Å². The largest absolute Gasteiger partial charge is 0.809 e. The van der Waals surface area contributed by atoms with Crippen molar-refractivity contribution in [3.63, 3.8) is 0 Å². The first kappa shape index (κ1) is 30.1. The van der Waals surface area contributed by atoms with Gasteiger partial charge in [-0.1, -0.05) is 13.2 Å². The molecule has 25 heavy (non-hydrogen) atoms. The van der Waals surface area contributed by atoms with E-state index in [-0.39, 0.29) is 21.1 Å². The minimum absolute atomic E-state index is 0. The fourth-order valence-electron chi connectivity index (χ4n) is 0.663. The first-order valence-electron chi connectivity index (χ1n) is 5.03. The average molecular weight is 614 g/mol. The number of hydrogen-bond acceptors (Lipinski definition) is 14. The van der Waals surface area contributed by atoms with Crippen molar-refractivity contribution < 1.29 is 87.9 Å². The zero-order chi connectivity index (χ0) is 20.0. The van der Waals surface area contributed by atoms with Crippen molar-refractivity contribution in [1.29, 1.82) is 0 Å². The molecule has 0 bridgehead atoms. The van der Waals surface area contributed by atoms with Crippen molar-refractivity contribution in [2.75, 3.05) is 0 Å². The van der Waals surface area contributed by atoms with Crippen LogP contribution < -0.4 is 29.4 Å². The quantitative estimate of drug-likeness (QED) is 0.194. The van der Waals surface area contributed by atoms with Crippen LogP contribution in [0.2, 0.25) is 0 Å². The molecule has 0 fully saturated rings. The van der Waals surface area contributed by atoms with Crippen LogP contribution in [0.15, 0.2) is 25.7 Å². The molecule has 0 aromatic rings. The maximum Gasteiger partial charge on any atom is 0.216 e. The molecular weight excluding hydrogens is 604 g/mol. The molecule has 0 amide bonds. The van der Waals surface area contributed by atoms with Crippen molar-refractivity contribution in [3.8, 4) is 0 Å². The van der Waals surface area contributed by atoms with E-state index < -0.39 is 41.6 Å². The summed E-state index contributed by atoms with van der Waals surface area (Å²) in [5.74, 6) is 0. The molecule has 0 spiro atoms. The maximum absolute atomic E-state index is 10.5. The maximum atomic E-state index is 10.5. The third-order valence-electron chi connectivity index (χ3n) is 1.57. The van der Waals surface area contributed by atoms with Crippen LogP contribution in [-0.2, 0) is 48.4 Å². The summed E-state index contributed by atoms with van der Waals surface area (Å²) in [5, 5.41) is 16.8. The van der Waals surface area contributed by atoms with E-state index in [0.29, 0.717) is 12.5 Å². The predicted molar refractivity (Wildman–Crippen MR) is 65.0 cm³/mol. The molecule has 0 aromatic heterocycles. The molecule has 19 heteroatoms. The van der Waals surface area contributed by atoms with Crippen LogP contribution in [-0.4, -0.2) is 21.4 Å². The fraction of sp³-hybridized carbons (Fsp3) is 0.333. The van der Waals surface area contributed by atoms with Gasteiger partial charge in [0.25, 0.3) is 0 Å². The Hall–Kier alpha value is 0.368. The van der Waals surface area contributed by atoms with E-state index in [1.165, 1.54) is 0 Å². The average Bonchev–Trinajstić information content (AvgIpc) is 2.35. The Morgan fingerprint density at radius 2 is 0.920 bits per heavy atom. The summed E-state index contributed by atoms with van der Waals surface area (Å²) < 4.78 is 48.3. The topological polar surface area (TPSA) is 266 Å². The Labute approximate surface area is 155 Å². The summed E-state index contributed by atoms with van der Waals surface area (Å²) >= 11 is 0. The van der Waals surface area contributed by atoms with Crippen LogP contribution >= 0.6 is 30.4 Å². The van der Waals surface area contributed by atoms with Gasteiger partial charge in [-0.3, -0.25) is 9.13 Å². The molecule has 0 radical (unpaired) electrons. The van der Waals surface area contributed by atoms with Crippen LogP contribution in [0.4, 0.5) is 0 Å². The summed E-state index contributed by atoms with van der Waals surface area (Å²) in [5.41, 5.74) is -6.13. The third kappa shape index (κ3) is 11.6. The van der Waals surface area contributed by atoms with Crippen LogP contribution in [0.3, 0.4) is 0 Å². The van der Waals surface area contributed by atoms with E-state index in [1.54, 1.807) is 0 Å². The Morgan fingerprint density at radius 3 is 1.04 bits per heavy atom. The zero-order valence-electron chi connectivity index (χ0n) is 11.7. The molecule has 0 aliphatic carbocycles. The fourth-order valence-corrected chi connectivity index (χ4v) is 4.39. The minimum Gasteiger partial charge on any atom is -0.809 e. The van der Waals surface area contributed by atoms with Crippen molar-refractivity contribution in [3.05, 3.63) is 25.7 Å². The van der Waals surface area contributed by atoms with Gasteiger partial charge in [0.2, 0.25) is 15.2 Å². The number of hydrogen-bond donors (Lipinski definition) is 2. The molecule has 0 saturated carbocycles. The molecule has 4 atom stereocenters. The van der Waals surface area contributed by atoms with Crippen molar-refractivity contribution in [2.24, 2.45) is 0 Å². The summed E-state index contributed by atoms with van der Waals surface area (Å²) in [6.07, 6.45) is 0.791. The molecular formula is C6H10O14P4W-6. The Kier molecular flexibility index (Phi) is 13.6. The van der Waals surface area contributed by atoms with Crippen molar-refractivity contribution >= 4 is 30.4 Å².